The molecule has 1 aliphatic carbocycles. The predicted octanol–water partition coefficient (Wildman–Crippen LogP) is 3.60. The third-order valence-electron chi connectivity index (χ3n) is 4.42. The molecule has 0 saturated heterocycles. The molecular weight excluding hydrogens is 332 g/mol. The molecule has 2 rings (SSSR count). The maximum absolute atomic E-state index is 12.9. The number of aromatic nitrogens is 2. The summed E-state index contributed by atoms with van der Waals surface area (Å²) in [5.41, 5.74) is 1.40. The largest absolute Gasteiger partial charge is 0.367 e. The molecule has 0 amide bonds. The zero-order valence-corrected chi connectivity index (χ0v) is 14.8. The van der Waals surface area contributed by atoms with Gasteiger partial charge < -0.3 is 4.74 Å². The molecule has 0 N–H and O–H groups in total. The van der Waals surface area contributed by atoms with E-state index in [9.17, 15) is 4.79 Å². The van der Waals surface area contributed by atoms with Crippen LogP contribution >= 0.6 is 15.9 Å². The number of hydrogen-bond acceptors (Lipinski definition) is 3. The fourth-order valence-electron chi connectivity index (χ4n) is 3.23. The Hall–Kier alpha value is -0.680. The molecule has 0 atom stereocenters. The topological polar surface area (TPSA) is 44.1 Å². The number of Topliss-reactive ketones (excluding diaryl/α,β-unsaturated/α-hetero) is 1. The molecule has 1 aliphatic rings. The maximum atomic E-state index is 12.9. The van der Waals surface area contributed by atoms with Gasteiger partial charge >= 0.3 is 0 Å². The van der Waals surface area contributed by atoms with Gasteiger partial charge in [0.15, 0.2) is 5.78 Å². The van der Waals surface area contributed by atoms with Crippen molar-refractivity contribution in [1.29, 1.82) is 0 Å². The van der Waals surface area contributed by atoms with Gasteiger partial charge in [-0.05, 0) is 42.1 Å². The van der Waals surface area contributed by atoms with E-state index in [2.05, 4.69) is 28.0 Å². The highest BCUT2D eigenvalue weighted by Gasteiger charge is 2.40. The predicted molar refractivity (Wildman–Crippen MR) is 86.4 cm³/mol. The molecule has 5 heteroatoms. The summed E-state index contributed by atoms with van der Waals surface area (Å²) in [4.78, 5) is 12.9. The molecule has 4 nitrogen and oxygen atoms in total. The Labute approximate surface area is 135 Å². The van der Waals surface area contributed by atoms with Gasteiger partial charge in [0.2, 0.25) is 0 Å². The lowest BCUT2D eigenvalue weighted by Gasteiger charge is -2.35. The summed E-state index contributed by atoms with van der Waals surface area (Å²) in [5, 5.41) is 4.47. The summed E-state index contributed by atoms with van der Waals surface area (Å²) in [6, 6.07) is 0. The molecule has 0 bridgehead atoms. The Morgan fingerprint density at radius 3 is 2.52 bits per heavy atom. The number of carbonyl (C=O) groups is 1. The number of halogens is 1. The van der Waals surface area contributed by atoms with Crippen LogP contribution in [0.2, 0.25) is 0 Å². The van der Waals surface area contributed by atoms with E-state index in [1.807, 2.05) is 18.7 Å². The van der Waals surface area contributed by atoms with Gasteiger partial charge in [0.05, 0.1) is 22.3 Å². The van der Waals surface area contributed by atoms with Crippen LogP contribution in [0.5, 0.6) is 0 Å². The fourth-order valence-corrected chi connectivity index (χ4v) is 3.98. The lowest BCUT2D eigenvalue weighted by Crippen LogP contribution is -2.44. The van der Waals surface area contributed by atoms with E-state index in [-0.39, 0.29) is 5.78 Å². The summed E-state index contributed by atoms with van der Waals surface area (Å²) in [6.07, 6.45) is 6.34. The standard InChI is InChI=1S/C16H25BrN2O2/c1-4-12-15(17)13(19(3)18-12)11-14(20)16(21-5-2)9-7-6-8-10-16/h4-11H2,1-3H3. The molecule has 1 fully saturated rings. The normalized spacial score (nSPS) is 17.9. The van der Waals surface area contributed by atoms with Crippen LogP contribution in [-0.2, 0) is 29.4 Å². The van der Waals surface area contributed by atoms with Gasteiger partial charge in [-0.3, -0.25) is 9.48 Å². The monoisotopic (exact) mass is 356 g/mol. The van der Waals surface area contributed by atoms with Crippen LogP contribution < -0.4 is 0 Å². The van der Waals surface area contributed by atoms with Crippen LogP contribution in [0.4, 0.5) is 0 Å². The first-order valence-electron chi connectivity index (χ1n) is 7.91. The minimum absolute atomic E-state index is 0.204. The molecule has 0 aliphatic heterocycles. The number of rotatable bonds is 6. The number of carbonyl (C=O) groups excluding carboxylic acids is 1. The van der Waals surface area contributed by atoms with E-state index in [1.165, 1.54) is 6.42 Å². The first-order valence-corrected chi connectivity index (χ1v) is 8.71. The summed E-state index contributed by atoms with van der Waals surface area (Å²) in [6.45, 7) is 4.64. The molecule has 118 valence electrons. The number of ether oxygens (including phenoxy) is 1. The van der Waals surface area contributed by atoms with E-state index in [0.29, 0.717) is 13.0 Å². The van der Waals surface area contributed by atoms with E-state index in [0.717, 1.165) is 48.0 Å². The highest BCUT2D eigenvalue weighted by molar-refractivity contribution is 9.10. The molecule has 0 unspecified atom stereocenters. The molecular formula is C16H25BrN2O2. The lowest BCUT2D eigenvalue weighted by atomic mass is 9.80. The quantitative estimate of drug-likeness (QED) is 0.782. The summed E-state index contributed by atoms with van der Waals surface area (Å²) >= 11 is 3.60. The van der Waals surface area contributed by atoms with E-state index < -0.39 is 5.60 Å². The van der Waals surface area contributed by atoms with Gasteiger partial charge in [-0.25, -0.2) is 0 Å². The van der Waals surface area contributed by atoms with E-state index >= 15 is 0 Å². The van der Waals surface area contributed by atoms with Crippen molar-refractivity contribution in [3.63, 3.8) is 0 Å². The van der Waals surface area contributed by atoms with Crippen LogP contribution in [0, 0.1) is 0 Å². The van der Waals surface area contributed by atoms with Gasteiger partial charge in [-0.15, -0.1) is 0 Å². The van der Waals surface area contributed by atoms with Crippen molar-refractivity contribution >= 4 is 21.7 Å². The van der Waals surface area contributed by atoms with Gasteiger partial charge in [0.1, 0.15) is 5.60 Å². The van der Waals surface area contributed by atoms with Crippen LogP contribution in [0.1, 0.15) is 57.3 Å². The van der Waals surface area contributed by atoms with Crippen molar-refractivity contribution in [3.05, 3.63) is 15.9 Å². The average Bonchev–Trinajstić information content (AvgIpc) is 2.76. The number of nitrogens with zero attached hydrogens (tertiary/aromatic N) is 2. The zero-order valence-electron chi connectivity index (χ0n) is 13.2. The van der Waals surface area contributed by atoms with Crippen molar-refractivity contribution in [1.82, 2.24) is 9.78 Å². The Morgan fingerprint density at radius 1 is 1.33 bits per heavy atom. The summed E-state index contributed by atoms with van der Waals surface area (Å²) in [5.74, 6) is 0.204. The Bertz CT molecular complexity index is 499. The first kappa shape index (κ1) is 16.7. The van der Waals surface area contributed by atoms with Crippen LogP contribution in [0.25, 0.3) is 0 Å². The van der Waals surface area contributed by atoms with Crippen molar-refractivity contribution in [2.24, 2.45) is 7.05 Å². The van der Waals surface area contributed by atoms with Gasteiger partial charge in [0.25, 0.3) is 0 Å². The van der Waals surface area contributed by atoms with Gasteiger partial charge in [-0.2, -0.15) is 5.10 Å². The maximum Gasteiger partial charge on any atom is 0.170 e. The second kappa shape index (κ2) is 7.05. The molecule has 0 radical (unpaired) electrons. The van der Waals surface area contributed by atoms with Crippen molar-refractivity contribution in [2.45, 2.75) is 64.4 Å². The smallest absolute Gasteiger partial charge is 0.170 e. The Morgan fingerprint density at radius 2 is 2.00 bits per heavy atom. The minimum Gasteiger partial charge on any atom is -0.367 e. The lowest BCUT2D eigenvalue weighted by molar-refractivity contribution is -0.148. The van der Waals surface area contributed by atoms with E-state index in [4.69, 9.17) is 4.74 Å². The Balaban J connectivity index is 2.21. The zero-order chi connectivity index (χ0) is 15.5. The van der Waals surface area contributed by atoms with Crippen molar-refractivity contribution in [3.8, 4) is 0 Å². The Kier molecular flexibility index (Phi) is 5.60. The number of aryl methyl sites for hydroxylation is 2. The second-order valence-corrected chi connectivity index (χ2v) is 6.57. The van der Waals surface area contributed by atoms with Crippen molar-refractivity contribution < 1.29 is 9.53 Å². The molecule has 1 aromatic heterocycles. The first-order chi connectivity index (χ1) is 10.0. The summed E-state index contributed by atoms with van der Waals surface area (Å²) in [7, 11) is 1.90. The molecule has 0 aromatic carbocycles. The SMILES string of the molecule is CCOC1(C(=O)Cc2c(Br)c(CC)nn2C)CCCCC1. The summed E-state index contributed by atoms with van der Waals surface area (Å²) < 4.78 is 8.72. The van der Waals surface area contributed by atoms with Gasteiger partial charge in [-0.1, -0.05) is 26.2 Å². The molecule has 0 spiro atoms. The highest BCUT2D eigenvalue weighted by atomic mass is 79.9. The number of ketones is 1. The second-order valence-electron chi connectivity index (χ2n) is 5.77. The van der Waals surface area contributed by atoms with Crippen LogP contribution in [0.3, 0.4) is 0 Å². The fraction of sp³-hybridized carbons (Fsp3) is 0.750. The van der Waals surface area contributed by atoms with Crippen LogP contribution in [0.15, 0.2) is 4.47 Å². The molecule has 1 heterocycles. The average molecular weight is 357 g/mol. The highest BCUT2D eigenvalue weighted by Crippen LogP contribution is 2.34. The molecule has 21 heavy (non-hydrogen) atoms. The third kappa shape index (κ3) is 3.39. The number of hydrogen-bond donors (Lipinski definition) is 0. The minimum atomic E-state index is -0.566. The third-order valence-corrected chi connectivity index (χ3v) is 5.34. The molecule has 1 saturated carbocycles. The van der Waals surface area contributed by atoms with Crippen molar-refractivity contribution in [2.75, 3.05) is 6.61 Å². The molecule has 1 aromatic rings. The van der Waals surface area contributed by atoms with Crippen LogP contribution in [-0.4, -0.2) is 27.8 Å². The van der Waals surface area contributed by atoms with Gasteiger partial charge in [0, 0.05) is 13.7 Å². The van der Waals surface area contributed by atoms with E-state index in [1.54, 1.807) is 0 Å².